The Labute approximate surface area is 238 Å². The Bertz CT molecular complexity index is 1440. The maximum Gasteiger partial charge on any atom is 0.163 e. The third-order valence-corrected chi connectivity index (χ3v) is 6.74. The fourth-order valence-corrected chi connectivity index (χ4v) is 4.47. The van der Waals surface area contributed by atoms with Gasteiger partial charge in [-0.1, -0.05) is 30.8 Å². The highest BCUT2D eigenvalue weighted by molar-refractivity contribution is 5.93. The number of halogens is 1. The van der Waals surface area contributed by atoms with Crippen LogP contribution in [0.3, 0.4) is 0 Å². The van der Waals surface area contributed by atoms with Gasteiger partial charge in [0.15, 0.2) is 11.5 Å². The largest absolute Gasteiger partial charge is 0.493 e. The van der Waals surface area contributed by atoms with Crippen molar-refractivity contribution in [2.45, 2.75) is 13.0 Å². The number of hydrogen-bond donors (Lipinski definition) is 2. The van der Waals surface area contributed by atoms with Gasteiger partial charge in [0.25, 0.3) is 0 Å². The van der Waals surface area contributed by atoms with Crippen molar-refractivity contribution in [3.05, 3.63) is 90.5 Å². The zero-order chi connectivity index (χ0) is 28.4. The minimum atomic E-state index is -0.279. The molecule has 0 saturated carbocycles. The van der Waals surface area contributed by atoms with E-state index in [0.29, 0.717) is 29.6 Å². The number of nitrogens with one attached hydrogen (secondary N) is 2. The Kier molecular flexibility index (Phi) is 9.58. The van der Waals surface area contributed by atoms with Crippen molar-refractivity contribution < 1.29 is 23.4 Å². The number of hydrogen-bond acceptors (Lipinski definition) is 9. The summed E-state index contributed by atoms with van der Waals surface area (Å²) in [5.74, 6) is 1.65. The Hall–Kier alpha value is -4.25. The lowest BCUT2D eigenvalue weighted by atomic mass is 10.1. The summed E-state index contributed by atoms with van der Waals surface area (Å²) in [4.78, 5) is 16.8. The summed E-state index contributed by atoms with van der Waals surface area (Å²) in [5, 5.41) is 4.18. The molecule has 1 fully saturated rings. The fraction of sp³-hybridized carbons (Fsp3) is 0.290. The minimum absolute atomic E-state index is 0.279. The number of nitrogens with zero attached hydrogens (tertiary/aromatic N) is 3. The topological polar surface area (TPSA) is 90.0 Å². The van der Waals surface area contributed by atoms with Gasteiger partial charge in [-0.15, -0.1) is 0 Å². The number of hydroxylamine groups is 1. The van der Waals surface area contributed by atoms with Crippen LogP contribution in [0, 0.1) is 5.82 Å². The summed E-state index contributed by atoms with van der Waals surface area (Å²) in [6.07, 6.45) is 2.44. The first-order valence-corrected chi connectivity index (χ1v) is 13.5. The van der Waals surface area contributed by atoms with Crippen LogP contribution in [-0.4, -0.2) is 61.4 Å². The summed E-state index contributed by atoms with van der Waals surface area (Å²) >= 11 is 0. The lowest BCUT2D eigenvalue weighted by Gasteiger charge is -2.26. The van der Waals surface area contributed by atoms with E-state index >= 15 is 0 Å². The first kappa shape index (κ1) is 28.3. The van der Waals surface area contributed by atoms with E-state index in [1.807, 2.05) is 36.4 Å². The number of fused-ring (bicyclic) bond motifs is 1. The Morgan fingerprint density at radius 1 is 1.02 bits per heavy atom. The molecule has 10 heteroatoms. The molecule has 1 aliphatic heterocycles. The van der Waals surface area contributed by atoms with Crippen LogP contribution >= 0.6 is 0 Å². The van der Waals surface area contributed by atoms with E-state index in [1.165, 1.54) is 18.5 Å². The van der Waals surface area contributed by atoms with Crippen LogP contribution in [0.5, 0.6) is 11.5 Å². The highest BCUT2D eigenvalue weighted by atomic mass is 19.1. The zero-order valence-electron chi connectivity index (χ0n) is 23.1. The molecule has 2 N–H and O–H groups in total. The molecule has 1 saturated heterocycles. The first-order valence-electron chi connectivity index (χ1n) is 13.5. The third kappa shape index (κ3) is 7.69. The molecular formula is C31H34FN5O4. The molecule has 9 nitrogen and oxygen atoms in total. The fourth-order valence-electron chi connectivity index (χ4n) is 4.47. The summed E-state index contributed by atoms with van der Waals surface area (Å²) in [5.41, 5.74) is 6.75. The quantitative estimate of drug-likeness (QED) is 0.167. The van der Waals surface area contributed by atoms with Crippen molar-refractivity contribution in [2.24, 2.45) is 0 Å². The summed E-state index contributed by atoms with van der Waals surface area (Å²) in [7, 11) is 1.63. The maximum atomic E-state index is 13.1. The van der Waals surface area contributed by atoms with Crippen LogP contribution in [-0.2, 0) is 16.2 Å². The molecule has 0 unspecified atom stereocenters. The number of rotatable bonds is 13. The molecule has 0 atom stereocenters. The van der Waals surface area contributed by atoms with E-state index in [-0.39, 0.29) is 12.4 Å². The number of ether oxygens (including phenoxy) is 3. The molecule has 1 aromatic heterocycles. The van der Waals surface area contributed by atoms with E-state index in [1.54, 1.807) is 19.2 Å². The van der Waals surface area contributed by atoms with Gasteiger partial charge >= 0.3 is 0 Å². The van der Waals surface area contributed by atoms with Crippen LogP contribution < -0.4 is 20.3 Å². The minimum Gasteiger partial charge on any atom is -0.493 e. The van der Waals surface area contributed by atoms with Gasteiger partial charge in [-0.3, -0.25) is 15.2 Å². The lowest BCUT2D eigenvalue weighted by molar-refractivity contribution is 0.0357. The van der Waals surface area contributed by atoms with Crippen molar-refractivity contribution in [1.29, 1.82) is 0 Å². The van der Waals surface area contributed by atoms with E-state index in [9.17, 15) is 4.39 Å². The van der Waals surface area contributed by atoms with Crippen LogP contribution in [0.1, 0.15) is 17.5 Å². The second-order valence-electron chi connectivity index (χ2n) is 9.60. The van der Waals surface area contributed by atoms with Crippen molar-refractivity contribution in [3.8, 4) is 11.5 Å². The molecule has 41 heavy (non-hydrogen) atoms. The highest BCUT2D eigenvalue weighted by Gasteiger charge is 2.13. The Balaban J connectivity index is 1.18. The number of morpholine rings is 1. The predicted octanol–water partition coefficient (Wildman–Crippen LogP) is 5.31. The SMILES string of the molecule is C=C(NOCc1ccc(F)cc1)c1ccc(Nc2ncnc3cc(OCCCN4CCOCC4)c(OC)cc23)cc1. The highest BCUT2D eigenvalue weighted by Crippen LogP contribution is 2.35. The zero-order valence-corrected chi connectivity index (χ0v) is 23.1. The molecule has 4 aromatic rings. The van der Waals surface area contributed by atoms with Crippen LogP contribution in [0.15, 0.2) is 73.6 Å². The van der Waals surface area contributed by atoms with Gasteiger partial charge in [-0.05, 0) is 47.9 Å². The molecule has 2 heterocycles. The number of aromatic nitrogens is 2. The molecule has 0 aliphatic carbocycles. The van der Waals surface area contributed by atoms with E-state index in [4.69, 9.17) is 19.0 Å². The molecular weight excluding hydrogens is 525 g/mol. The molecule has 1 aliphatic rings. The first-order chi connectivity index (χ1) is 20.1. The van der Waals surface area contributed by atoms with E-state index in [2.05, 4.69) is 32.2 Å². The average molecular weight is 560 g/mol. The number of anilines is 2. The molecule has 3 aromatic carbocycles. The molecule has 5 rings (SSSR count). The third-order valence-electron chi connectivity index (χ3n) is 6.74. The molecule has 0 amide bonds. The van der Waals surface area contributed by atoms with Gasteiger partial charge in [0.05, 0.1) is 44.8 Å². The average Bonchev–Trinajstić information content (AvgIpc) is 3.01. The summed E-state index contributed by atoms with van der Waals surface area (Å²) < 4.78 is 30.2. The van der Waals surface area contributed by atoms with Gasteiger partial charge in [0.1, 0.15) is 18.0 Å². The smallest absolute Gasteiger partial charge is 0.163 e. The van der Waals surface area contributed by atoms with Gasteiger partial charge in [0.2, 0.25) is 0 Å². The Morgan fingerprint density at radius 2 is 1.80 bits per heavy atom. The summed E-state index contributed by atoms with van der Waals surface area (Å²) in [6.45, 7) is 9.39. The van der Waals surface area contributed by atoms with Crippen molar-refractivity contribution in [2.75, 3.05) is 51.9 Å². The van der Waals surface area contributed by atoms with Crippen molar-refractivity contribution in [1.82, 2.24) is 20.3 Å². The number of methoxy groups -OCH3 is 1. The number of benzene rings is 3. The molecule has 214 valence electrons. The predicted molar refractivity (Wildman–Crippen MR) is 157 cm³/mol. The van der Waals surface area contributed by atoms with Crippen molar-refractivity contribution >= 4 is 28.1 Å². The maximum absolute atomic E-state index is 13.1. The molecule has 0 bridgehead atoms. The van der Waals surface area contributed by atoms with Gasteiger partial charge in [-0.2, -0.15) is 0 Å². The second-order valence-corrected chi connectivity index (χ2v) is 9.60. The van der Waals surface area contributed by atoms with Gasteiger partial charge in [-0.25, -0.2) is 14.4 Å². The van der Waals surface area contributed by atoms with Gasteiger partial charge in [0, 0.05) is 36.8 Å². The monoisotopic (exact) mass is 559 g/mol. The van der Waals surface area contributed by atoms with Crippen molar-refractivity contribution in [3.63, 3.8) is 0 Å². The molecule has 0 radical (unpaired) electrons. The second kappa shape index (κ2) is 13.9. The van der Waals surface area contributed by atoms with Gasteiger partial charge < -0.3 is 19.5 Å². The van der Waals surface area contributed by atoms with E-state index in [0.717, 1.165) is 67.0 Å². The Morgan fingerprint density at radius 3 is 2.56 bits per heavy atom. The van der Waals surface area contributed by atoms with Crippen LogP contribution in [0.2, 0.25) is 0 Å². The molecule has 0 spiro atoms. The van der Waals surface area contributed by atoms with E-state index < -0.39 is 0 Å². The summed E-state index contributed by atoms with van der Waals surface area (Å²) in [6, 6.07) is 17.6. The van der Waals surface area contributed by atoms with Crippen LogP contribution in [0.25, 0.3) is 16.6 Å². The normalized spacial score (nSPS) is 13.6. The van der Waals surface area contributed by atoms with Crippen LogP contribution in [0.4, 0.5) is 15.9 Å². The lowest BCUT2D eigenvalue weighted by Crippen LogP contribution is -2.37. The standard InChI is InChI=1S/C31H34FN5O4/c1-22(36-41-20-23-4-8-25(32)9-5-23)24-6-10-26(11-7-24)35-31-27-18-29(38-2)30(19-28(27)33-21-34-31)40-15-3-12-37-13-16-39-17-14-37/h4-11,18-19,21,36H,1,3,12-17,20H2,2H3,(H,33,34,35).